The first-order chi connectivity index (χ1) is 24.8. The molecule has 0 bridgehead atoms. The zero-order chi connectivity index (χ0) is 32.8. The molecule has 0 aliphatic carbocycles. The Morgan fingerprint density at radius 3 is 2.08 bits per heavy atom. The largest absolute Gasteiger partial charge is 0.309 e. The van der Waals surface area contributed by atoms with Crippen LogP contribution in [0.2, 0.25) is 0 Å². The highest BCUT2D eigenvalue weighted by molar-refractivity contribution is 7.26. The number of hydrogen-bond acceptors (Lipinski definition) is 5. The Balaban J connectivity index is 1.19. The van der Waals surface area contributed by atoms with E-state index in [4.69, 9.17) is 15.0 Å². The second kappa shape index (κ2) is 10.5. The second-order valence-electron chi connectivity index (χ2n) is 12.8. The van der Waals surface area contributed by atoms with Crippen LogP contribution in [0.1, 0.15) is 0 Å². The van der Waals surface area contributed by atoms with Gasteiger partial charge in [0.15, 0.2) is 5.82 Å². The molecule has 0 radical (unpaired) electrons. The fourth-order valence-electron chi connectivity index (χ4n) is 7.82. The summed E-state index contributed by atoms with van der Waals surface area (Å²) in [5.74, 6) is 0.696. The van der Waals surface area contributed by atoms with Crippen molar-refractivity contribution in [3.05, 3.63) is 158 Å². The quantitative estimate of drug-likeness (QED) is 0.190. The van der Waals surface area contributed by atoms with Crippen LogP contribution in [-0.2, 0) is 0 Å². The fourth-order valence-corrected chi connectivity index (χ4v) is 8.96. The van der Waals surface area contributed by atoms with Gasteiger partial charge in [0, 0.05) is 38.2 Å². The summed E-state index contributed by atoms with van der Waals surface area (Å²) in [7, 11) is 0. The highest BCUT2D eigenvalue weighted by Gasteiger charge is 2.28. The number of fused-ring (bicyclic) bond motifs is 7. The van der Waals surface area contributed by atoms with Gasteiger partial charge in [0.1, 0.15) is 5.69 Å². The maximum Gasteiger partial charge on any atom is 0.161 e. The number of hydrogen-bond donors (Lipinski definition) is 0. The summed E-state index contributed by atoms with van der Waals surface area (Å²) in [6.07, 6.45) is 1.83. The molecule has 0 saturated carbocycles. The first kappa shape index (κ1) is 27.5. The van der Waals surface area contributed by atoms with E-state index < -0.39 is 0 Å². The molecule has 1 aliphatic heterocycles. The van der Waals surface area contributed by atoms with Crippen LogP contribution < -0.4 is 4.90 Å². The monoisotopic (exact) mass is 654 g/mol. The molecule has 232 valence electrons. The average Bonchev–Trinajstić information content (AvgIpc) is 3.56. The summed E-state index contributed by atoms with van der Waals surface area (Å²) in [5, 5.41) is 8.33. The van der Waals surface area contributed by atoms with E-state index in [0.29, 0.717) is 5.82 Å². The van der Waals surface area contributed by atoms with Crippen LogP contribution in [0.25, 0.3) is 86.5 Å². The average molecular weight is 655 g/mol. The SMILES string of the molecule is c1ccc(-c2nc(-c3cccc4c(N5c6cc7ccccc7cc6-c6cccc7cccc5c67)cccc34)nc3c2sc2ccccc23)nc1. The van der Waals surface area contributed by atoms with Crippen molar-refractivity contribution in [2.24, 2.45) is 0 Å². The van der Waals surface area contributed by atoms with Crippen molar-refractivity contribution >= 4 is 81.0 Å². The molecule has 4 nitrogen and oxygen atoms in total. The van der Waals surface area contributed by atoms with Gasteiger partial charge in [-0.3, -0.25) is 4.98 Å². The Bertz CT molecular complexity index is 3000. The molecule has 7 aromatic carbocycles. The van der Waals surface area contributed by atoms with Gasteiger partial charge in [-0.15, -0.1) is 11.3 Å². The topological polar surface area (TPSA) is 41.9 Å². The number of aromatic nitrogens is 3. The predicted octanol–water partition coefficient (Wildman–Crippen LogP) is 12.5. The van der Waals surface area contributed by atoms with Gasteiger partial charge in [0.25, 0.3) is 0 Å². The maximum atomic E-state index is 5.30. The van der Waals surface area contributed by atoms with Crippen LogP contribution in [0.5, 0.6) is 0 Å². The van der Waals surface area contributed by atoms with Gasteiger partial charge < -0.3 is 4.90 Å². The molecule has 0 fully saturated rings. The van der Waals surface area contributed by atoms with Crippen molar-refractivity contribution in [2.75, 3.05) is 4.90 Å². The molecule has 11 rings (SSSR count). The second-order valence-corrected chi connectivity index (χ2v) is 13.8. The number of pyridine rings is 1. The first-order valence-electron chi connectivity index (χ1n) is 16.8. The smallest absolute Gasteiger partial charge is 0.161 e. The number of thiophene rings is 1. The molecule has 0 saturated heterocycles. The van der Waals surface area contributed by atoms with E-state index in [0.717, 1.165) is 49.0 Å². The molecule has 0 atom stereocenters. The minimum Gasteiger partial charge on any atom is -0.309 e. The Labute approximate surface area is 291 Å². The van der Waals surface area contributed by atoms with Crippen LogP contribution in [0, 0.1) is 0 Å². The van der Waals surface area contributed by atoms with Crippen LogP contribution in [0.4, 0.5) is 17.1 Å². The lowest BCUT2D eigenvalue weighted by atomic mass is 9.88. The van der Waals surface area contributed by atoms with E-state index in [1.54, 1.807) is 11.3 Å². The van der Waals surface area contributed by atoms with E-state index in [-0.39, 0.29) is 0 Å². The van der Waals surface area contributed by atoms with Gasteiger partial charge in [0.05, 0.1) is 33.0 Å². The van der Waals surface area contributed by atoms with Crippen molar-refractivity contribution in [1.29, 1.82) is 0 Å². The molecule has 0 spiro atoms. The molecule has 3 aromatic heterocycles. The van der Waals surface area contributed by atoms with Crippen LogP contribution in [-0.4, -0.2) is 15.0 Å². The molecular formula is C45H26N4S. The molecule has 0 amide bonds. The fraction of sp³-hybridized carbons (Fsp3) is 0. The lowest BCUT2D eigenvalue weighted by Crippen LogP contribution is -2.15. The molecule has 0 unspecified atom stereocenters. The van der Waals surface area contributed by atoms with Crippen LogP contribution >= 0.6 is 11.3 Å². The Morgan fingerprint density at radius 1 is 0.480 bits per heavy atom. The van der Waals surface area contributed by atoms with Crippen molar-refractivity contribution in [3.8, 4) is 33.9 Å². The summed E-state index contributed by atoms with van der Waals surface area (Å²) < 4.78 is 2.25. The van der Waals surface area contributed by atoms with Crippen molar-refractivity contribution in [1.82, 2.24) is 15.0 Å². The van der Waals surface area contributed by atoms with Crippen molar-refractivity contribution in [2.45, 2.75) is 0 Å². The van der Waals surface area contributed by atoms with Crippen LogP contribution in [0.3, 0.4) is 0 Å². The zero-order valence-electron chi connectivity index (χ0n) is 26.7. The van der Waals surface area contributed by atoms with E-state index in [1.807, 2.05) is 24.4 Å². The highest BCUT2D eigenvalue weighted by atomic mass is 32.1. The summed E-state index contributed by atoms with van der Waals surface area (Å²) >= 11 is 1.73. The standard InChI is InChI=1S/C45H26N4S/c1-2-12-29-26-39-35(25-28(29)11-1)32-18-7-13-27-14-8-22-38(41(27)32)49(39)37-21-10-16-30-31(37)17-9-19-33(30)45-47-42-34-15-3-4-23-40(34)50-44(42)43(48-45)36-20-5-6-24-46-36/h1-26H. The molecule has 1 aliphatic rings. The van der Waals surface area contributed by atoms with E-state index >= 15 is 0 Å². The molecule has 0 N–H and O–H groups in total. The number of benzene rings is 7. The Hall–Kier alpha value is -6.43. The van der Waals surface area contributed by atoms with Gasteiger partial charge in [-0.25, -0.2) is 9.97 Å². The highest BCUT2D eigenvalue weighted by Crippen LogP contribution is 2.53. The predicted molar refractivity (Wildman–Crippen MR) is 210 cm³/mol. The summed E-state index contributed by atoms with van der Waals surface area (Å²) in [4.78, 5) is 17.8. The summed E-state index contributed by atoms with van der Waals surface area (Å²) in [5.41, 5.74) is 9.64. The third-order valence-corrected chi connectivity index (χ3v) is 11.2. The lowest BCUT2D eigenvalue weighted by Gasteiger charge is -2.34. The third kappa shape index (κ3) is 3.95. The molecule has 50 heavy (non-hydrogen) atoms. The number of rotatable bonds is 3. The molecule has 4 heterocycles. The lowest BCUT2D eigenvalue weighted by molar-refractivity contribution is 1.21. The molecule has 10 aromatic rings. The Kier molecular flexibility index (Phi) is 5.80. The zero-order valence-corrected chi connectivity index (χ0v) is 27.5. The molecular weight excluding hydrogens is 629 g/mol. The van der Waals surface area contributed by atoms with E-state index in [9.17, 15) is 0 Å². The number of anilines is 3. The van der Waals surface area contributed by atoms with Gasteiger partial charge >= 0.3 is 0 Å². The van der Waals surface area contributed by atoms with Crippen molar-refractivity contribution in [3.63, 3.8) is 0 Å². The van der Waals surface area contributed by atoms with E-state index in [2.05, 4.69) is 138 Å². The minimum absolute atomic E-state index is 0.696. The minimum atomic E-state index is 0.696. The van der Waals surface area contributed by atoms with Crippen molar-refractivity contribution < 1.29 is 0 Å². The van der Waals surface area contributed by atoms with E-state index in [1.165, 1.54) is 48.7 Å². The van der Waals surface area contributed by atoms with Gasteiger partial charge in [-0.1, -0.05) is 109 Å². The first-order valence-corrected chi connectivity index (χ1v) is 17.6. The third-order valence-electron chi connectivity index (χ3n) is 10.0. The van der Waals surface area contributed by atoms with Crippen LogP contribution in [0.15, 0.2) is 158 Å². The Morgan fingerprint density at radius 2 is 1.18 bits per heavy atom. The van der Waals surface area contributed by atoms with Gasteiger partial charge in [-0.05, 0) is 69.6 Å². The van der Waals surface area contributed by atoms with Gasteiger partial charge in [-0.2, -0.15) is 0 Å². The summed E-state index contributed by atoms with van der Waals surface area (Å²) in [6.45, 7) is 0. The molecule has 5 heteroatoms. The maximum absolute atomic E-state index is 5.30. The normalized spacial score (nSPS) is 12.4. The number of nitrogens with zero attached hydrogens (tertiary/aromatic N) is 4. The van der Waals surface area contributed by atoms with Gasteiger partial charge in [0.2, 0.25) is 0 Å². The summed E-state index contributed by atoms with van der Waals surface area (Å²) in [6, 6.07) is 54.3.